The lowest BCUT2D eigenvalue weighted by molar-refractivity contribution is 0.0661. The standard InChI is InChI=1S/C10H13NO6S/c1-6-9(4-8(17-6)10(13)14)18(15,16)11-3-2-7(12)5-11/h4,7,12H,2-3,5H2,1H3,(H,13,14)/t7-/m1/s1. The molecule has 1 aromatic heterocycles. The number of aromatic carboxylic acids is 1. The lowest BCUT2D eigenvalue weighted by Crippen LogP contribution is -2.29. The molecule has 2 N–H and O–H groups in total. The molecule has 2 heterocycles. The molecule has 1 atom stereocenters. The molecule has 7 nitrogen and oxygen atoms in total. The van der Waals surface area contributed by atoms with E-state index in [1.54, 1.807) is 0 Å². The first-order valence-electron chi connectivity index (χ1n) is 5.34. The number of sulfonamides is 1. The van der Waals surface area contributed by atoms with Crippen molar-refractivity contribution in [1.29, 1.82) is 0 Å². The van der Waals surface area contributed by atoms with E-state index in [0.717, 1.165) is 10.4 Å². The molecule has 8 heteroatoms. The van der Waals surface area contributed by atoms with E-state index in [2.05, 4.69) is 0 Å². The summed E-state index contributed by atoms with van der Waals surface area (Å²) < 4.78 is 30.4. The first-order chi connectivity index (χ1) is 8.32. The van der Waals surface area contributed by atoms with Gasteiger partial charge >= 0.3 is 5.97 Å². The van der Waals surface area contributed by atoms with Gasteiger partial charge in [-0.1, -0.05) is 0 Å². The number of nitrogens with zero attached hydrogens (tertiary/aromatic N) is 1. The summed E-state index contributed by atoms with van der Waals surface area (Å²) in [6, 6.07) is 0.998. The lowest BCUT2D eigenvalue weighted by Gasteiger charge is -2.14. The summed E-state index contributed by atoms with van der Waals surface area (Å²) in [4.78, 5) is 10.6. The molecule has 1 fully saturated rings. The highest BCUT2D eigenvalue weighted by atomic mass is 32.2. The Labute approximate surface area is 104 Å². The van der Waals surface area contributed by atoms with Gasteiger partial charge in [-0.25, -0.2) is 13.2 Å². The van der Waals surface area contributed by atoms with Crippen LogP contribution in [0.15, 0.2) is 15.4 Å². The first kappa shape index (κ1) is 13.1. The molecule has 0 saturated carbocycles. The number of carboxylic acids is 1. The quantitative estimate of drug-likeness (QED) is 0.806. The van der Waals surface area contributed by atoms with Crippen molar-refractivity contribution in [3.63, 3.8) is 0 Å². The number of hydrogen-bond acceptors (Lipinski definition) is 5. The molecule has 0 radical (unpaired) electrons. The largest absolute Gasteiger partial charge is 0.475 e. The molecule has 2 rings (SSSR count). The zero-order valence-corrected chi connectivity index (χ0v) is 10.5. The molecule has 1 saturated heterocycles. The fourth-order valence-corrected chi connectivity index (χ4v) is 3.55. The Morgan fingerprint density at radius 3 is 2.67 bits per heavy atom. The number of β-amino-alcohol motifs (C(OH)–C–C–N with tert-alkyl or cyclic N) is 1. The topological polar surface area (TPSA) is 108 Å². The molecular formula is C10H13NO6S. The molecule has 18 heavy (non-hydrogen) atoms. The number of furan rings is 1. The minimum absolute atomic E-state index is 0.0232. The third-order valence-electron chi connectivity index (χ3n) is 2.83. The number of carboxylic acid groups (broad SMARTS) is 1. The van der Waals surface area contributed by atoms with Crippen molar-refractivity contribution in [2.75, 3.05) is 13.1 Å². The number of aliphatic hydroxyl groups is 1. The van der Waals surface area contributed by atoms with Gasteiger partial charge in [0.15, 0.2) is 0 Å². The molecule has 1 aromatic rings. The fraction of sp³-hybridized carbons (Fsp3) is 0.500. The molecule has 0 spiro atoms. The zero-order chi connectivity index (χ0) is 13.5. The minimum Gasteiger partial charge on any atom is -0.475 e. The van der Waals surface area contributed by atoms with Crippen LogP contribution >= 0.6 is 0 Å². The van der Waals surface area contributed by atoms with Crippen LogP contribution in [0.2, 0.25) is 0 Å². The SMILES string of the molecule is Cc1oc(C(=O)O)cc1S(=O)(=O)N1CC[C@@H](O)C1. The normalized spacial score (nSPS) is 21.3. The van der Waals surface area contributed by atoms with E-state index in [1.165, 1.54) is 6.92 Å². The van der Waals surface area contributed by atoms with Crippen LogP contribution < -0.4 is 0 Å². The Balaban J connectivity index is 2.38. The monoisotopic (exact) mass is 275 g/mol. The number of aryl methyl sites for hydroxylation is 1. The van der Waals surface area contributed by atoms with Gasteiger partial charge in [-0.05, 0) is 13.3 Å². The summed E-state index contributed by atoms with van der Waals surface area (Å²) in [6.45, 7) is 1.64. The Morgan fingerprint density at radius 2 is 2.22 bits per heavy atom. The number of aliphatic hydroxyl groups excluding tert-OH is 1. The second-order valence-electron chi connectivity index (χ2n) is 4.14. The van der Waals surface area contributed by atoms with E-state index < -0.39 is 27.9 Å². The summed E-state index contributed by atoms with van der Waals surface area (Å²) in [7, 11) is -3.80. The molecule has 0 bridgehead atoms. The highest BCUT2D eigenvalue weighted by molar-refractivity contribution is 7.89. The van der Waals surface area contributed by atoms with Crippen molar-refractivity contribution in [2.45, 2.75) is 24.3 Å². The van der Waals surface area contributed by atoms with Gasteiger partial charge in [-0.15, -0.1) is 0 Å². The molecular weight excluding hydrogens is 262 g/mol. The number of rotatable bonds is 3. The summed E-state index contributed by atoms with van der Waals surface area (Å²) >= 11 is 0. The fourth-order valence-electron chi connectivity index (χ4n) is 1.89. The summed E-state index contributed by atoms with van der Waals surface area (Å²) in [6.07, 6.45) is -0.298. The summed E-state index contributed by atoms with van der Waals surface area (Å²) in [5, 5.41) is 18.1. The molecule has 0 aromatic carbocycles. The van der Waals surface area contributed by atoms with Crippen LogP contribution in [0.3, 0.4) is 0 Å². The van der Waals surface area contributed by atoms with Crippen molar-refractivity contribution in [2.24, 2.45) is 0 Å². The third kappa shape index (κ3) is 2.14. The molecule has 100 valence electrons. The Hall–Kier alpha value is -1.38. The number of carbonyl (C=O) groups is 1. The van der Waals surface area contributed by atoms with Gasteiger partial charge in [-0.3, -0.25) is 0 Å². The highest BCUT2D eigenvalue weighted by Crippen LogP contribution is 2.26. The van der Waals surface area contributed by atoms with Gasteiger partial charge in [0, 0.05) is 19.2 Å². The van der Waals surface area contributed by atoms with Gasteiger partial charge in [0.25, 0.3) is 0 Å². The first-order valence-corrected chi connectivity index (χ1v) is 6.78. The van der Waals surface area contributed by atoms with E-state index >= 15 is 0 Å². The molecule has 1 aliphatic heterocycles. The maximum Gasteiger partial charge on any atom is 0.371 e. The Morgan fingerprint density at radius 1 is 1.56 bits per heavy atom. The average molecular weight is 275 g/mol. The molecule has 0 aliphatic carbocycles. The van der Waals surface area contributed by atoms with Crippen molar-refractivity contribution < 1.29 is 27.8 Å². The van der Waals surface area contributed by atoms with E-state index in [0.29, 0.717) is 6.42 Å². The molecule has 0 unspecified atom stereocenters. The van der Waals surface area contributed by atoms with E-state index in [1.807, 2.05) is 0 Å². The van der Waals surface area contributed by atoms with Crippen LogP contribution in [-0.4, -0.2) is 48.1 Å². The maximum absolute atomic E-state index is 12.2. The van der Waals surface area contributed by atoms with Crippen LogP contribution in [0.5, 0.6) is 0 Å². The van der Waals surface area contributed by atoms with E-state index in [-0.39, 0.29) is 23.7 Å². The van der Waals surface area contributed by atoms with Crippen molar-refractivity contribution >= 4 is 16.0 Å². The molecule has 1 aliphatic rings. The third-order valence-corrected chi connectivity index (χ3v) is 4.80. The maximum atomic E-state index is 12.2. The second-order valence-corrected chi connectivity index (χ2v) is 6.05. The predicted octanol–water partition coefficient (Wildman–Crippen LogP) is 0.0415. The van der Waals surface area contributed by atoms with Crippen LogP contribution in [0.4, 0.5) is 0 Å². The van der Waals surface area contributed by atoms with Gasteiger partial charge in [0.05, 0.1) is 6.10 Å². The van der Waals surface area contributed by atoms with Crippen LogP contribution in [0.25, 0.3) is 0 Å². The van der Waals surface area contributed by atoms with Crippen LogP contribution in [0.1, 0.15) is 22.7 Å². The zero-order valence-electron chi connectivity index (χ0n) is 9.66. The van der Waals surface area contributed by atoms with Gasteiger partial charge < -0.3 is 14.6 Å². The minimum atomic E-state index is -3.80. The lowest BCUT2D eigenvalue weighted by atomic mass is 10.3. The Bertz CT molecular complexity index is 575. The van der Waals surface area contributed by atoms with Crippen LogP contribution in [0, 0.1) is 6.92 Å². The summed E-state index contributed by atoms with van der Waals surface area (Å²) in [5.74, 6) is -1.69. The van der Waals surface area contributed by atoms with Crippen molar-refractivity contribution in [1.82, 2.24) is 4.31 Å². The second kappa shape index (κ2) is 4.38. The van der Waals surface area contributed by atoms with Crippen molar-refractivity contribution in [3.05, 3.63) is 17.6 Å². The van der Waals surface area contributed by atoms with E-state index in [4.69, 9.17) is 9.52 Å². The van der Waals surface area contributed by atoms with Crippen molar-refractivity contribution in [3.8, 4) is 0 Å². The van der Waals surface area contributed by atoms with Crippen LogP contribution in [-0.2, 0) is 10.0 Å². The average Bonchev–Trinajstić information content (AvgIpc) is 2.85. The van der Waals surface area contributed by atoms with E-state index in [9.17, 15) is 18.3 Å². The Kier molecular flexibility index (Phi) is 3.18. The predicted molar refractivity (Wildman–Crippen MR) is 59.8 cm³/mol. The molecule has 0 amide bonds. The van der Waals surface area contributed by atoms with Gasteiger partial charge in [-0.2, -0.15) is 4.31 Å². The number of hydrogen-bond donors (Lipinski definition) is 2. The van der Waals surface area contributed by atoms with Gasteiger partial charge in [0.2, 0.25) is 15.8 Å². The van der Waals surface area contributed by atoms with Gasteiger partial charge in [0.1, 0.15) is 10.7 Å². The smallest absolute Gasteiger partial charge is 0.371 e. The highest BCUT2D eigenvalue weighted by Gasteiger charge is 2.34. The summed E-state index contributed by atoms with van der Waals surface area (Å²) in [5.41, 5.74) is 0.